The standard InChI is InChI=1S/C20H21BrN2O3S.ClH/c1-22(2)10-13-17-15(9-14(21)19(13)24)23(3)16(18(17)20(25)26)11-27-12-7-5-4-6-8-12;/h4-9,14H,10-11H2,1-3H3,(H,25,26);1H. The number of fused-ring (bicyclic) bond motifs is 1. The van der Waals surface area contributed by atoms with Crippen LogP contribution in [0.25, 0.3) is 11.6 Å². The highest BCUT2D eigenvalue weighted by molar-refractivity contribution is 9.10. The SMILES string of the molecule is CN(C)CC1=c2c(C(=O)O)c(CSc3ccccc3)n(C)c2=CC(Br)C1=O.Cl. The molecule has 0 aliphatic heterocycles. The van der Waals surface area contributed by atoms with Crippen molar-refractivity contribution in [3.8, 4) is 0 Å². The van der Waals surface area contributed by atoms with Crippen molar-refractivity contribution in [1.82, 2.24) is 9.47 Å². The van der Waals surface area contributed by atoms with Crippen LogP contribution < -0.4 is 10.6 Å². The summed E-state index contributed by atoms with van der Waals surface area (Å²) in [4.78, 5) is 27.4. The first kappa shape index (κ1) is 22.7. The molecular weight excluding hydrogens is 464 g/mol. The number of carboxylic acids is 1. The van der Waals surface area contributed by atoms with Crippen LogP contribution in [0, 0.1) is 0 Å². The highest BCUT2D eigenvalue weighted by atomic mass is 79.9. The third-order valence-electron chi connectivity index (χ3n) is 4.52. The van der Waals surface area contributed by atoms with Crippen molar-refractivity contribution in [3.05, 3.63) is 52.2 Å². The summed E-state index contributed by atoms with van der Waals surface area (Å²) in [5.74, 6) is -0.563. The van der Waals surface area contributed by atoms with E-state index in [1.54, 1.807) is 17.8 Å². The normalized spacial score (nSPS) is 15.8. The first-order chi connectivity index (χ1) is 12.8. The van der Waals surface area contributed by atoms with E-state index in [9.17, 15) is 14.7 Å². The van der Waals surface area contributed by atoms with Gasteiger partial charge in [0.15, 0.2) is 5.78 Å². The molecule has 1 aromatic heterocycles. The van der Waals surface area contributed by atoms with Crippen molar-refractivity contribution >= 4 is 63.5 Å². The van der Waals surface area contributed by atoms with Crippen LogP contribution in [0.5, 0.6) is 0 Å². The fourth-order valence-electron chi connectivity index (χ4n) is 3.30. The number of hydrogen-bond donors (Lipinski definition) is 1. The maximum atomic E-state index is 12.7. The Hall–Kier alpha value is -1.54. The minimum Gasteiger partial charge on any atom is -0.478 e. The van der Waals surface area contributed by atoms with E-state index in [4.69, 9.17) is 0 Å². The van der Waals surface area contributed by atoms with Gasteiger partial charge in [0.25, 0.3) is 0 Å². The highest BCUT2D eigenvalue weighted by Crippen LogP contribution is 2.24. The van der Waals surface area contributed by atoms with Crippen molar-refractivity contribution < 1.29 is 14.7 Å². The molecule has 1 N–H and O–H groups in total. The summed E-state index contributed by atoms with van der Waals surface area (Å²) in [6.45, 7) is 0.400. The Balaban J connectivity index is 0.00000280. The van der Waals surface area contributed by atoms with Crippen molar-refractivity contribution in [2.75, 3.05) is 20.6 Å². The predicted octanol–water partition coefficient (Wildman–Crippen LogP) is 2.28. The number of nitrogens with zero attached hydrogens (tertiary/aromatic N) is 2. The molecule has 1 aliphatic rings. The minimum absolute atomic E-state index is 0. The average Bonchev–Trinajstić information content (AvgIpc) is 2.90. The van der Waals surface area contributed by atoms with Crippen LogP contribution in [0.2, 0.25) is 0 Å². The predicted molar refractivity (Wildman–Crippen MR) is 119 cm³/mol. The molecule has 1 heterocycles. The Morgan fingerprint density at radius 1 is 1.29 bits per heavy atom. The van der Waals surface area contributed by atoms with Gasteiger partial charge in [-0.05, 0) is 32.3 Å². The molecule has 2 aromatic rings. The van der Waals surface area contributed by atoms with Crippen LogP contribution in [0.15, 0.2) is 35.2 Å². The zero-order valence-corrected chi connectivity index (χ0v) is 19.0. The Morgan fingerprint density at radius 3 is 2.50 bits per heavy atom. The largest absolute Gasteiger partial charge is 0.478 e. The lowest BCUT2D eigenvalue weighted by Gasteiger charge is -2.17. The number of aromatic carboxylic acids is 1. The quantitative estimate of drug-likeness (QED) is 0.502. The molecule has 0 radical (unpaired) electrons. The Kier molecular flexibility index (Phi) is 7.56. The Bertz CT molecular complexity index is 1020. The first-order valence-corrected chi connectivity index (χ1v) is 10.4. The van der Waals surface area contributed by atoms with Crippen molar-refractivity contribution in [3.63, 3.8) is 0 Å². The fraction of sp³-hybridized carbons (Fsp3) is 0.300. The second kappa shape index (κ2) is 9.31. The third kappa shape index (κ3) is 4.38. The molecule has 0 saturated heterocycles. The van der Waals surface area contributed by atoms with E-state index in [0.29, 0.717) is 28.8 Å². The molecule has 3 rings (SSSR count). The van der Waals surface area contributed by atoms with Gasteiger partial charge in [-0.3, -0.25) is 4.79 Å². The maximum absolute atomic E-state index is 12.7. The van der Waals surface area contributed by atoms with Crippen LogP contribution in [-0.4, -0.2) is 51.8 Å². The molecule has 1 atom stereocenters. The summed E-state index contributed by atoms with van der Waals surface area (Å²) in [6, 6.07) is 9.87. The molecule has 0 bridgehead atoms. The molecule has 1 aromatic carbocycles. The van der Waals surface area contributed by atoms with E-state index in [-0.39, 0.29) is 23.8 Å². The number of thioether (sulfide) groups is 1. The number of ketones is 1. The van der Waals surface area contributed by atoms with Gasteiger partial charge in [0, 0.05) is 46.1 Å². The first-order valence-electron chi connectivity index (χ1n) is 8.48. The maximum Gasteiger partial charge on any atom is 0.338 e. The van der Waals surface area contributed by atoms with Crippen molar-refractivity contribution in [1.29, 1.82) is 0 Å². The van der Waals surface area contributed by atoms with Gasteiger partial charge in [0.2, 0.25) is 0 Å². The van der Waals surface area contributed by atoms with E-state index in [0.717, 1.165) is 10.2 Å². The number of aromatic nitrogens is 1. The van der Waals surface area contributed by atoms with Crippen LogP contribution in [0.3, 0.4) is 0 Å². The van der Waals surface area contributed by atoms with Gasteiger partial charge >= 0.3 is 5.97 Å². The van der Waals surface area contributed by atoms with Gasteiger partial charge in [-0.15, -0.1) is 24.2 Å². The summed E-state index contributed by atoms with van der Waals surface area (Å²) in [5, 5.41) is 11.3. The number of rotatable bonds is 6. The fourth-order valence-corrected chi connectivity index (χ4v) is 4.82. The van der Waals surface area contributed by atoms with Gasteiger partial charge in [-0.2, -0.15) is 0 Å². The summed E-state index contributed by atoms with van der Waals surface area (Å²) >= 11 is 5.01. The molecular formula is C20H22BrClN2O3S. The van der Waals surface area contributed by atoms with E-state index in [1.165, 1.54) is 0 Å². The average molecular weight is 486 g/mol. The summed E-state index contributed by atoms with van der Waals surface area (Å²) < 4.78 is 1.91. The lowest BCUT2D eigenvalue weighted by atomic mass is 9.98. The molecule has 8 heteroatoms. The van der Waals surface area contributed by atoms with Crippen molar-refractivity contribution in [2.45, 2.75) is 15.5 Å². The zero-order chi connectivity index (χ0) is 19.7. The third-order valence-corrected chi connectivity index (χ3v) is 6.23. The second-order valence-electron chi connectivity index (χ2n) is 6.70. The summed E-state index contributed by atoms with van der Waals surface area (Å²) in [6.07, 6.45) is 1.81. The van der Waals surface area contributed by atoms with Gasteiger partial charge in [-0.1, -0.05) is 34.1 Å². The summed E-state index contributed by atoms with van der Waals surface area (Å²) in [7, 11) is 5.61. The smallest absolute Gasteiger partial charge is 0.338 e. The molecule has 1 unspecified atom stereocenters. The Morgan fingerprint density at radius 2 is 1.93 bits per heavy atom. The number of Topliss-reactive ketones (excluding diaryl/α,β-unsaturated/α-hetero) is 1. The molecule has 150 valence electrons. The number of benzene rings is 1. The van der Waals surface area contributed by atoms with Crippen LogP contribution in [0.4, 0.5) is 0 Å². The molecule has 1 aliphatic carbocycles. The van der Waals surface area contributed by atoms with Crippen LogP contribution in [-0.2, 0) is 17.6 Å². The highest BCUT2D eigenvalue weighted by Gasteiger charge is 2.29. The Labute approximate surface area is 182 Å². The lowest BCUT2D eigenvalue weighted by molar-refractivity contribution is -0.112. The number of carbonyl (C=O) groups is 2. The van der Waals surface area contributed by atoms with Crippen LogP contribution >= 0.6 is 40.1 Å². The van der Waals surface area contributed by atoms with E-state index >= 15 is 0 Å². The molecule has 28 heavy (non-hydrogen) atoms. The number of carboxylic acid groups (broad SMARTS) is 1. The van der Waals surface area contributed by atoms with Gasteiger partial charge in [-0.25, -0.2) is 4.79 Å². The minimum atomic E-state index is -0.999. The van der Waals surface area contributed by atoms with Gasteiger partial charge in [0.05, 0.1) is 10.4 Å². The topological polar surface area (TPSA) is 62.5 Å². The second-order valence-corrected chi connectivity index (χ2v) is 8.73. The monoisotopic (exact) mass is 484 g/mol. The number of carbonyl (C=O) groups excluding carboxylic acids is 1. The van der Waals surface area contributed by atoms with E-state index in [2.05, 4.69) is 15.9 Å². The molecule has 5 nitrogen and oxygen atoms in total. The van der Waals surface area contributed by atoms with Gasteiger partial charge in [0.1, 0.15) is 0 Å². The molecule has 0 spiro atoms. The zero-order valence-electron chi connectivity index (χ0n) is 15.8. The van der Waals surface area contributed by atoms with E-state index < -0.39 is 10.8 Å². The number of alkyl halides is 1. The van der Waals surface area contributed by atoms with Crippen LogP contribution in [0.1, 0.15) is 16.1 Å². The summed E-state index contributed by atoms with van der Waals surface area (Å²) in [5.41, 5.74) is 1.49. The van der Waals surface area contributed by atoms with Gasteiger partial charge < -0.3 is 14.6 Å². The molecule has 0 amide bonds. The van der Waals surface area contributed by atoms with E-state index in [1.807, 2.05) is 60.9 Å². The number of hydrogen-bond acceptors (Lipinski definition) is 4. The molecule has 0 fully saturated rings. The number of halogens is 2. The lowest BCUT2D eigenvalue weighted by Crippen LogP contribution is -2.43. The molecule has 0 saturated carbocycles. The van der Waals surface area contributed by atoms with Crippen molar-refractivity contribution in [2.24, 2.45) is 7.05 Å².